The number of carbonyl (C=O) groups excluding carboxylic acids is 4. The van der Waals surface area contributed by atoms with Gasteiger partial charge in [0.2, 0.25) is 11.8 Å². The Balaban J connectivity index is 1.36. The standard InChI is InChI=1S/C32H39ClN4O7/c33-25-11-6-9-23(17-25)21-44-31(41)35-27(18-22-7-2-1-3-8-22)30(40)34-26(20-38)13-14-29(39)37-16-15-36(32(42)43)19-24-10-4-5-12-28(24)37/h4-6,9-12,17,20,22,26-27H,1-3,7-8,13-16,18-19,21H2,(H,34,40)(H,35,41)(H,42,43)/t26-,27-/m0/s1. The molecule has 0 radical (unpaired) electrons. The third kappa shape index (κ3) is 9.44. The van der Waals surface area contributed by atoms with E-state index in [0.717, 1.165) is 32.1 Å². The summed E-state index contributed by atoms with van der Waals surface area (Å²) in [6.07, 6.45) is 4.32. The lowest BCUT2D eigenvalue weighted by atomic mass is 9.84. The topological polar surface area (TPSA) is 145 Å². The van der Waals surface area contributed by atoms with Gasteiger partial charge >= 0.3 is 12.2 Å². The molecule has 1 heterocycles. The van der Waals surface area contributed by atoms with Gasteiger partial charge in [0.15, 0.2) is 0 Å². The molecule has 1 saturated carbocycles. The van der Waals surface area contributed by atoms with E-state index in [1.807, 2.05) is 0 Å². The Morgan fingerprint density at radius 2 is 1.80 bits per heavy atom. The maximum atomic E-state index is 13.4. The first-order valence-electron chi connectivity index (χ1n) is 15.0. The summed E-state index contributed by atoms with van der Waals surface area (Å²) in [5.74, 6) is -0.554. The number of anilines is 1. The first-order valence-corrected chi connectivity index (χ1v) is 15.4. The molecule has 1 fully saturated rings. The highest BCUT2D eigenvalue weighted by molar-refractivity contribution is 6.30. The lowest BCUT2D eigenvalue weighted by molar-refractivity contribution is -0.126. The Kier molecular flexibility index (Phi) is 12.0. The summed E-state index contributed by atoms with van der Waals surface area (Å²) < 4.78 is 5.34. The monoisotopic (exact) mass is 626 g/mol. The van der Waals surface area contributed by atoms with Gasteiger partial charge in [-0.25, -0.2) is 9.59 Å². The molecule has 0 unspecified atom stereocenters. The Labute approximate surface area is 261 Å². The Morgan fingerprint density at radius 3 is 2.52 bits per heavy atom. The van der Waals surface area contributed by atoms with Crippen LogP contribution in [0.5, 0.6) is 0 Å². The minimum Gasteiger partial charge on any atom is -0.465 e. The smallest absolute Gasteiger partial charge is 0.408 e. The van der Waals surface area contributed by atoms with Crippen molar-refractivity contribution in [2.45, 2.75) is 76.6 Å². The molecule has 2 aromatic rings. The van der Waals surface area contributed by atoms with Crippen molar-refractivity contribution in [3.63, 3.8) is 0 Å². The van der Waals surface area contributed by atoms with Crippen molar-refractivity contribution in [1.82, 2.24) is 15.5 Å². The maximum absolute atomic E-state index is 13.4. The van der Waals surface area contributed by atoms with Crippen molar-refractivity contribution in [3.05, 3.63) is 64.7 Å². The zero-order valence-electron chi connectivity index (χ0n) is 24.6. The normalized spacial score (nSPS) is 16.6. The molecule has 11 nitrogen and oxygen atoms in total. The molecule has 44 heavy (non-hydrogen) atoms. The number of nitrogens with zero attached hydrogens (tertiary/aromatic N) is 2. The number of alkyl carbamates (subject to hydrolysis) is 1. The van der Waals surface area contributed by atoms with Gasteiger partial charge in [0, 0.05) is 30.2 Å². The summed E-state index contributed by atoms with van der Waals surface area (Å²) >= 11 is 6.01. The molecule has 0 saturated heterocycles. The Bertz CT molecular complexity index is 1330. The predicted molar refractivity (Wildman–Crippen MR) is 164 cm³/mol. The van der Waals surface area contributed by atoms with E-state index < -0.39 is 30.2 Å². The zero-order valence-corrected chi connectivity index (χ0v) is 25.3. The average Bonchev–Trinajstić information content (AvgIpc) is 3.22. The van der Waals surface area contributed by atoms with Crippen LogP contribution in [0.15, 0.2) is 48.5 Å². The van der Waals surface area contributed by atoms with Crippen LogP contribution in [0.4, 0.5) is 15.3 Å². The van der Waals surface area contributed by atoms with Crippen molar-refractivity contribution < 1.29 is 33.8 Å². The van der Waals surface area contributed by atoms with Gasteiger partial charge < -0.3 is 35.1 Å². The van der Waals surface area contributed by atoms with Crippen molar-refractivity contribution >= 4 is 47.6 Å². The van der Waals surface area contributed by atoms with Crippen molar-refractivity contribution in [1.29, 1.82) is 0 Å². The summed E-state index contributed by atoms with van der Waals surface area (Å²) in [7, 11) is 0. The fourth-order valence-electron chi connectivity index (χ4n) is 5.77. The SMILES string of the molecule is O=C[C@H](CCC(=O)N1CCN(C(=O)O)Cc2ccccc21)NC(=O)[C@H](CC1CCCCC1)NC(=O)OCc1cccc(Cl)c1. The molecule has 0 aromatic heterocycles. The van der Waals surface area contributed by atoms with E-state index in [9.17, 15) is 29.1 Å². The number of para-hydroxylation sites is 1. The first-order chi connectivity index (χ1) is 21.2. The van der Waals surface area contributed by atoms with E-state index >= 15 is 0 Å². The van der Waals surface area contributed by atoms with Crippen molar-refractivity contribution in [2.75, 3.05) is 18.0 Å². The molecular weight excluding hydrogens is 588 g/mol. The van der Waals surface area contributed by atoms with Crippen LogP contribution >= 0.6 is 11.6 Å². The van der Waals surface area contributed by atoms with Crippen LogP contribution in [0, 0.1) is 5.92 Å². The first kappa shape index (κ1) is 32.8. The van der Waals surface area contributed by atoms with E-state index in [1.54, 1.807) is 48.5 Å². The second-order valence-corrected chi connectivity index (χ2v) is 11.7. The highest BCUT2D eigenvalue weighted by atomic mass is 35.5. The molecule has 0 bridgehead atoms. The molecular formula is C32H39ClN4O7. The fourth-order valence-corrected chi connectivity index (χ4v) is 5.99. The van der Waals surface area contributed by atoms with Gasteiger partial charge in [-0.3, -0.25) is 9.59 Å². The van der Waals surface area contributed by atoms with Crippen molar-refractivity contribution in [3.8, 4) is 0 Å². The van der Waals surface area contributed by atoms with E-state index in [2.05, 4.69) is 10.6 Å². The molecule has 236 valence electrons. The quantitative estimate of drug-likeness (QED) is 0.301. The molecule has 1 aliphatic heterocycles. The van der Waals surface area contributed by atoms with Gasteiger partial charge in [-0.2, -0.15) is 0 Å². The maximum Gasteiger partial charge on any atom is 0.408 e. The number of halogens is 1. The van der Waals surface area contributed by atoms with Gasteiger partial charge in [0.25, 0.3) is 0 Å². The summed E-state index contributed by atoms with van der Waals surface area (Å²) in [5, 5.41) is 15.4. The lowest BCUT2D eigenvalue weighted by Gasteiger charge is -2.27. The van der Waals surface area contributed by atoms with Gasteiger partial charge in [-0.15, -0.1) is 0 Å². The fraction of sp³-hybridized carbons (Fsp3) is 0.469. The number of hydrogen-bond donors (Lipinski definition) is 3. The number of benzene rings is 2. The van der Waals surface area contributed by atoms with Crippen LogP contribution in [0.3, 0.4) is 0 Å². The van der Waals surface area contributed by atoms with E-state index in [-0.39, 0.29) is 50.9 Å². The van der Waals surface area contributed by atoms with Crippen LogP contribution in [-0.2, 0) is 32.3 Å². The number of aldehydes is 1. The second-order valence-electron chi connectivity index (χ2n) is 11.3. The van der Waals surface area contributed by atoms with Gasteiger partial charge in [-0.05, 0) is 48.1 Å². The Hall–Kier alpha value is -4.12. The molecule has 4 amide bonds. The van der Waals surface area contributed by atoms with Crippen LogP contribution in [-0.4, -0.2) is 65.5 Å². The number of nitrogens with one attached hydrogen (secondary N) is 2. The minimum atomic E-state index is -1.07. The van der Waals surface area contributed by atoms with Gasteiger partial charge in [-0.1, -0.05) is 74.0 Å². The summed E-state index contributed by atoms with van der Waals surface area (Å²) in [5.41, 5.74) is 2.04. The van der Waals surface area contributed by atoms with Gasteiger partial charge in [0.05, 0.1) is 12.6 Å². The number of amides is 4. The Morgan fingerprint density at radius 1 is 1.02 bits per heavy atom. The number of ether oxygens (including phenoxy) is 1. The number of fused-ring (bicyclic) bond motifs is 1. The molecule has 0 spiro atoms. The van der Waals surface area contributed by atoms with Crippen LogP contribution in [0.1, 0.15) is 62.5 Å². The van der Waals surface area contributed by atoms with Crippen LogP contribution in [0.2, 0.25) is 5.02 Å². The molecule has 12 heteroatoms. The number of rotatable bonds is 11. The summed E-state index contributed by atoms with van der Waals surface area (Å²) in [4.78, 5) is 65.8. The molecule has 2 atom stereocenters. The van der Waals surface area contributed by atoms with E-state index in [1.165, 1.54) is 9.80 Å². The third-order valence-electron chi connectivity index (χ3n) is 8.13. The minimum absolute atomic E-state index is 0.0207. The number of hydrogen-bond acceptors (Lipinski definition) is 6. The molecule has 4 rings (SSSR count). The average molecular weight is 627 g/mol. The van der Waals surface area contributed by atoms with E-state index in [0.29, 0.717) is 34.5 Å². The number of carbonyl (C=O) groups is 5. The predicted octanol–water partition coefficient (Wildman–Crippen LogP) is 4.90. The van der Waals surface area contributed by atoms with Crippen LogP contribution < -0.4 is 15.5 Å². The van der Waals surface area contributed by atoms with Crippen molar-refractivity contribution in [2.24, 2.45) is 5.92 Å². The molecule has 1 aliphatic carbocycles. The van der Waals surface area contributed by atoms with E-state index in [4.69, 9.17) is 16.3 Å². The molecule has 2 aliphatic rings. The highest BCUT2D eigenvalue weighted by Gasteiger charge is 2.30. The lowest BCUT2D eigenvalue weighted by Crippen LogP contribution is -2.51. The summed E-state index contributed by atoms with van der Waals surface area (Å²) in [6.45, 7) is 0.461. The largest absolute Gasteiger partial charge is 0.465 e. The van der Waals surface area contributed by atoms with Gasteiger partial charge in [0.1, 0.15) is 18.9 Å². The second kappa shape index (κ2) is 16.1. The molecule has 3 N–H and O–H groups in total. The number of carboxylic acid groups (broad SMARTS) is 1. The third-order valence-corrected chi connectivity index (χ3v) is 8.37. The highest BCUT2D eigenvalue weighted by Crippen LogP contribution is 2.28. The zero-order chi connectivity index (χ0) is 31.5. The summed E-state index contributed by atoms with van der Waals surface area (Å²) in [6, 6.07) is 12.2. The van der Waals surface area contributed by atoms with Crippen LogP contribution in [0.25, 0.3) is 0 Å². The molecule has 2 aromatic carbocycles.